The average Bonchev–Trinajstić information content (AvgIpc) is 2.43. The number of likely N-dealkylation sites (tertiary alicyclic amines) is 1. The lowest BCUT2D eigenvalue weighted by molar-refractivity contribution is -0.117. The second-order valence-electron chi connectivity index (χ2n) is 4.99. The van der Waals surface area contributed by atoms with Crippen molar-refractivity contribution in [3.63, 3.8) is 0 Å². The molecule has 0 spiro atoms. The quantitative estimate of drug-likeness (QED) is 0.820. The molecule has 0 bridgehead atoms. The number of ether oxygens (including phenoxy) is 1. The number of benzene rings is 1. The first-order chi connectivity index (χ1) is 9.58. The van der Waals surface area contributed by atoms with E-state index >= 15 is 0 Å². The van der Waals surface area contributed by atoms with Gasteiger partial charge in [-0.1, -0.05) is 0 Å². The van der Waals surface area contributed by atoms with E-state index in [1.165, 1.54) is 18.2 Å². The number of nitrogen functional groups attached to an aromatic ring is 1. The van der Waals surface area contributed by atoms with Crippen molar-refractivity contribution in [2.75, 3.05) is 37.8 Å². The van der Waals surface area contributed by atoms with Crippen molar-refractivity contribution in [1.82, 2.24) is 4.90 Å². The summed E-state index contributed by atoms with van der Waals surface area (Å²) in [5, 5.41) is 2.71. The van der Waals surface area contributed by atoms with Gasteiger partial charge in [-0.15, -0.1) is 0 Å². The second-order valence-corrected chi connectivity index (χ2v) is 4.99. The van der Waals surface area contributed by atoms with Crippen molar-refractivity contribution >= 4 is 17.3 Å². The first kappa shape index (κ1) is 14.7. The molecule has 1 aromatic carbocycles. The van der Waals surface area contributed by atoms with Gasteiger partial charge in [-0.2, -0.15) is 0 Å². The predicted octanol–water partition coefficient (Wildman–Crippen LogP) is 1.46. The first-order valence-corrected chi connectivity index (χ1v) is 6.68. The van der Waals surface area contributed by atoms with Gasteiger partial charge in [0.25, 0.3) is 0 Å². The number of carbonyl (C=O) groups is 1. The lowest BCUT2D eigenvalue weighted by Crippen LogP contribution is -2.41. The molecule has 110 valence electrons. The van der Waals surface area contributed by atoms with E-state index < -0.39 is 5.82 Å². The SMILES string of the molecule is COC1CCN(CC(=O)Nc2ccc(F)cc2N)CC1. The van der Waals surface area contributed by atoms with Gasteiger partial charge in [0.2, 0.25) is 5.91 Å². The number of nitrogens with zero attached hydrogens (tertiary/aromatic N) is 1. The monoisotopic (exact) mass is 281 g/mol. The van der Waals surface area contributed by atoms with Crippen molar-refractivity contribution in [1.29, 1.82) is 0 Å². The fourth-order valence-corrected chi connectivity index (χ4v) is 2.34. The maximum absolute atomic E-state index is 12.9. The van der Waals surface area contributed by atoms with Gasteiger partial charge in [0.1, 0.15) is 5.82 Å². The van der Waals surface area contributed by atoms with E-state index in [9.17, 15) is 9.18 Å². The molecular weight excluding hydrogens is 261 g/mol. The highest BCUT2D eigenvalue weighted by Crippen LogP contribution is 2.19. The molecule has 1 aliphatic heterocycles. The van der Waals surface area contributed by atoms with Gasteiger partial charge in [-0.05, 0) is 31.0 Å². The number of amides is 1. The third-order valence-electron chi connectivity index (χ3n) is 3.52. The molecule has 2 rings (SSSR count). The standard InChI is InChI=1S/C14H20FN3O2/c1-20-11-4-6-18(7-5-11)9-14(19)17-13-3-2-10(15)8-12(13)16/h2-3,8,11H,4-7,9,16H2,1H3,(H,17,19). The van der Waals surface area contributed by atoms with Crippen LogP contribution in [0.5, 0.6) is 0 Å². The van der Waals surface area contributed by atoms with E-state index in [0.29, 0.717) is 18.3 Å². The van der Waals surface area contributed by atoms with Crippen molar-refractivity contribution in [3.8, 4) is 0 Å². The fraction of sp³-hybridized carbons (Fsp3) is 0.500. The third-order valence-corrected chi connectivity index (χ3v) is 3.52. The summed E-state index contributed by atoms with van der Waals surface area (Å²) >= 11 is 0. The van der Waals surface area contributed by atoms with Crippen molar-refractivity contribution in [2.45, 2.75) is 18.9 Å². The Morgan fingerprint density at radius 3 is 2.80 bits per heavy atom. The molecule has 1 saturated heterocycles. The minimum absolute atomic E-state index is 0.140. The van der Waals surface area contributed by atoms with E-state index in [4.69, 9.17) is 10.5 Å². The highest BCUT2D eigenvalue weighted by Gasteiger charge is 2.20. The van der Waals surface area contributed by atoms with Crippen molar-refractivity contribution in [2.24, 2.45) is 0 Å². The van der Waals surface area contributed by atoms with Gasteiger partial charge in [0.15, 0.2) is 0 Å². The van der Waals surface area contributed by atoms with Gasteiger partial charge >= 0.3 is 0 Å². The number of rotatable bonds is 4. The van der Waals surface area contributed by atoms with Crippen LogP contribution in [0, 0.1) is 5.82 Å². The van der Waals surface area contributed by atoms with E-state index in [1.807, 2.05) is 0 Å². The Kier molecular flexibility index (Phi) is 4.92. The maximum atomic E-state index is 12.9. The van der Waals surface area contributed by atoms with E-state index in [1.54, 1.807) is 7.11 Å². The molecule has 1 aliphatic rings. The molecule has 0 aliphatic carbocycles. The topological polar surface area (TPSA) is 67.6 Å². The summed E-state index contributed by atoms with van der Waals surface area (Å²) in [5.41, 5.74) is 6.33. The molecule has 3 N–H and O–H groups in total. The fourth-order valence-electron chi connectivity index (χ4n) is 2.34. The number of piperidine rings is 1. The summed E-state index contributed by atoms with van der Waals surface area (Å²) < 4.78 is 18.2. The van der Waals surface area contributed by atoms with Gasteiger partial charge in [0, 0.05) is 20.2 Å². The van der Waals surface area contributed by atoms with E-state index in [-0.39, 0.29) is 11.6 Å². The summed E-state index contributed by atoms with van der Waals surface area (Å²) in [5.74, 6) is -0.554. The number of methoxy groups -OCH3 is 1. The summed E-state index contributed by atoms with van der Waals surface area (Å²) in [7, 11) is 1.71. The summed E-state index contributed by atoms with van der Waals surface area (Å²) in [4.78, 5) is 14.0. The number of carbonyl (C=O) groups excluding carboxylic acids is 1. The van der Waals surface area contributed by atoms with Crippen LogP contribution in [0.25, 0.3) is 0 Å². The highest BCUT2D eigenvalue weighted by atomic mass is 19.1. The summed E-state index contributed by atoms with van der Waals surface area (Å²) in [6.07, 6.45) is 2.16. The summed E-state index contributed by atoms with van der Waals surface area (Å²) in [6, 6.07) is 3.94. The van der Waals surface area contributed by atoms with E-state index in [0.717, 1.165) is 25.9 Å². The Morgan fingerprint density at radius 1 is 1.50 bits per heavy atom. The zero-order chi connectivity index (χ0) is 14.5. The molecule has 0 aromatic heterocycles. The maximum Gasteiger partial charge on any atom is 0.238 e. The minimum Gasteiger partial charge on any atom is -0.397 e. The molecule has 1 heterocycles. The largest absolute Gasteiger partial charge is 0.397 e. The van der Waals surface area contributed by atoms with Crippen molar-refractivity contribution < 1.29 is 13.9 Å². The van der Waals surface area contributed by atoms with Gasteiger partial charge in [0.05, 0.1) is 24.0 Å². The molecule has 1 fully saturated rings. The molecular formula is C14H20FN3O2. The molecule has 0 unspecified atom stereocenters. The lowest BCUT2D eigenvalue weighted by atomic mass is 10.1. The zero-order valence-corrected chi connectivity index (χ0v) is 11.6. The molecule has 1 amide bonds. The van der Waals surface area contributed by atoms with Crippen LogP contribution in [0.15, 0.2) is 18.2 Å². The Labute approximate surface area is 117 Å². The average molecular weight is 281 g/mol. The number of anilines is 2. The Hall–Kier alpha value is -1.66. The zero-order valence-electron chi connectivity index (χ0n) is 11.6. The van der Waals surface area contributed by atoms with Gasteiger partial charge in [-0.3, -0.25) is 9.69 Å². The van der Waals surface area contributed by atoms with Crippen LogP contribution in [-0.2, 0) is 9.53 Å². The molecule has 5 nitrogen and oxygen atoms in total. The normalized spacial score (nSPS) is 17.1. The Morgan fingerprint density at radius 2 is 2.20 bits per heavy atom. The smallest absolute Gasteiger partial charge is 0.238 e. The second kappa shape index (κ2) is 6.67. The number of nitrogens with one attached hydrogen (secondary N) is 1. The number of hydrogen-bond acceptors (Lipinski definition) is 4. The van der Waals surface area contributed by atoms with Crippen LogP contribution < -0.4 is 11.1 Å². The van der Waals surface area contributed by atoms with Crippen LogP contribution in [0.2, 0.25) is 0 Å². The van der Waals surface area contributed by atoms with Crippen LogP contribution in [-0.4, -0.2) is 43.7 Å². The van der Waals surface area contributed by atoms with Crippen molar-refractivity contribution in [3.05, 3.63) is 24.0 Å². The molecule has 0 radical (unpaired) electrons. The van der Waals surface area contributed by atoms with Gasteiger partial charge < -0.3 is 15.8 Å². The third kappa shape index (κ3) is 3.91. The van der Waals surface area contributed by atoms with Crippen LogP contribution in [0.4, 0.5) is 15.8 Å². The van der Waals surface area contributed by atoms with E-state index in [2.05, 4.69) is 10.2 Å². The molecule has 0 atom stereocenters. The molecule has 1 aromatic rings. The molecule has 0 saturated carbocycles. The molecule has 20 heavy (non-hydrogen) atoms. The lowest BCUT2D eigenvalue weighted by Gasteiger charge is -2.30. The van der Waals surface area contributed by atoms with Crippen LogP contribution in [0.1, 0.15) is 12.8 Å². The Bertz CT molecular complexity index is 473. The highest BCUT2D eigenvalue weighted by molar-refractivity contribution is 5.95. The number of halogens is 1. The van der Waals surface area contributed by atoms with Gasteiger partial charge in [-0.25, -0.2) is 4.39 Å². The summed E-state index contributed by atoms with van der Waals surface area (Å²) in [6.45, 7) is 1.99. The predicted molar refractivity (Wildman–Crippen MR) is 75.9 cm³/mol. The number of nitrogens with two attached hydrogens (primary N) is 1. The van der Waals surface area contributed by atoms with Crippen LogP contribution >= 0.6 is 0 Å². The first-order valence-electron chi connectivity index (χ1n) is 6.68. The van der Waals surface area contributed by atoms with Crippen LogP contribution in [0.3, 0.4) is 0 Å². The Balaban J connectivity index is 1.84. The minimum atomic E-state index is -0.415. The molecule has 6 heteroatoms. The number of hydrogen-bond donors (Lipinski definition) is 2.